The predicted molar refractivity (Wildman–Crippen MR) is 85.5 cm³/mol. The molecule has 1 fully saturated rings. The second-order valence-corrected chi connectivity index (χ2v) is 6.68. The molecule has 0 amide bonds. The van der Waals surface area contributed by atoms with Crippen LogP contribution in [0.1, 0.15) is 24.6 Å². The summed E-state index contributed by atoms with van der Waals surface area (Å²) < 4.78 is 20.6. The van der Waals surface area contributed by atoms with E-state index in [2.05, 4.69) is 25.9 Å². The summed E-state index contributed by atoms with van der Waals surface area (Å²) in [7, 11) is 0. The van der Waals surface area contributed by atoms with Crippen molar-refractivity contribution in [3.8, 4) is 0 Å². The van der Waals surface area contributed by atoms with Crippen molar-refractivity contribution in [2.45, 2.75) is 18.8 Å². The molecule has 0 aliphatic carbocycles. The van der Waals surface area contributed by atoms with Gasteiger partial charge in [0.2, 0.25) is 0 Å². The summed E-state index contributed by atoms with van der Waals surface area (Å²) in [6.45, 7) is 1.29. The molecule has 2 aromatic rings. The van der Waals surface area contributed by atoms with Gasteiger partial charge in [-0.05, 0) is 57.4 Å². The third-order valence-corrected chi connectivity index (χ3v) is 5.83. The van der Waals surface area contributed by atoms with Crippen molar-refractivity contribution in [3.63, 3.8) is 0 Å². The largest absolute Gasteiger partial charge is 0.381 e. The van der Waals surface area contributed by atoms with E-state index in [1.165, 1.54) is 0 Å². The van der Waals surface area contributed by atoms with Crippen molar-refractivity contribution in [1.82, 2.24) is 9.97 Å². The van der Waals surface area contributed by atoms with Crippen molar-refractivity contribution >= 4 is 49.4 Å². The molecule has 0 radical (unpaired) electrons. The van der Waals surface area contributed by atoms with E-state index < -0.39 is 5.82 Å². The molecule has 2 heterocycles. The molecule has 1 N–H and O–H groups in total. The van der Waals surface area contributed by atoms with Gasteiger partial charge in [-0.25, -0.2) is 9.37 Å². The molecule has 4 nitrogen and oxygen atoms in total. The fourth-order valence-corrected chi connectivity index (χ4v) is 3.21. The summed E-state index contributed by atoms with van der Waals surface area (Å²) in [5.74, 6) is 0.197. The van der Waals surface area contributed by atoms with Crippen LogP contribution in [0.15, 0.2) is 15.3 Å². The van der Waals surface area contributed by atoms with E-state index in [1.807, 2.05) is 22.6 Å². The van der Waals surface area contributed by atoms with Crippen LogP contribution in [0.3, 0.4) is 0 Å². The normalized spacial score (nSPS) is 16.8. The molecule has 0 atom stereocenters. The molecule has 0 spiro atoms. The number of hydrogen-bond donors (Lipinski definition) is 1. The Morgan fingerprint density at radius 3 is 2.85 bits per heavy atom. The molecule has 1 saturated heterocycles. The smallest absolute Gasteiger partial charge is 0.258 e. The summed E-state index contributed by atoms with van der Waals surface area (Å²) in [5.41, 5.74) is -0.164. The molecule has 1 aliphatic rings. The van der Waals surface area contributed by atoms with Crippen LogP contribution in [-0.4, -0.2) is 23.2 Å². The number of halogens is 3. The molecular weight excluding hydrogens is 442 g/mol. The highest BCUT2D eigenvalue weighted by atomic mass is 127. The van der Waals surface area contributed by atoms with Crippen LogP contribution >= 0.6 is 38.5 Å². The first-order valence-corrected chi connectivity index (χ1v) is 8.10. The van der Waals surface area contributed by atoms with Crippen molar-refractivity contribution in [2.75, 3.05) is 13.2 Å². The van der Waals surface area contributed by atoms with E-state index in [0.29, 0.717) is 27.1 Å². The van der Waals surface area contributed by atoms with Gasteiger partial charge in [0.05, 0.1) is 9.86 Å². The van der Waals surface area contributed by atoms with Crippen LogP contribution in [-0.2, 0) is 4.74 Å². The first-order valence-electron chi connectivity index (χ1n) is 6.23. The minimum absolute atomic E-state index is 0.123. The van der Waals surface area contributed by atoms with Crippen molar-refractivity contribution < 1.29 is 9.13 Å². The number of fused-ring (bicyclic) bond motifs is 1. The monoisotopic (exact) mass is 452 g/mol. The van der Waals surface area contributed by atoms with Gasteiger partial charge in [0.1, 0.15) is 11.3 Å². The molecule has 106 valence electrons. The highest BCUT2D eigenvalue weighted by molar-refractivity contribution is 14.1. The second-order valence-electron chi connectivity index (χ2n) is 4.72. The number of aromatic amines is 1. The Morgan fingerprint density at radius 2 is 2.15 bits per heavy atom. The average molecular weight is 453 g/mol. The quantitative estimate of drug-likeness (QED) is 0.533. The van der Waals surface area contributed by atoms with Gasteiger partial charge >= 0.3 is 0 Å². The third-order valence-electron chi connectivity index (χ3n) is 3.46. The summed E-state index contributed by atoms with van der Waals surface area (Å²) >= 11 is 5.17. The van der Waals surface area contributed by atoms with Crippen molar-refractivity contribution in [3.05, 3.63) is 36.1 Å². The maximum atomic E-state index is 14.3. The van der Waals surface area contributed by atoms with Crippen LogP contribution in [0, 0.1) is 9.39 Å². The third kappa shape index (κ3) is 2.50. The van der Waals surface area contributed by atoms with Crippen molar-refractivity contribution in [2.24, 2.45) is 0 Å². The maximum Gasteiger partial charge on any atom is 0.258 e. The maximum absolute atomic E-state index is 14.3. The number of ether oxygens (including phenoxy) is 1. The second kappa shape index (κ2) is 5.69. The van der Waals surface area contributed by atoms with Crippen LogP contribution in [0.2, 0.25) is 0 Å². The lowest BCUT2D eigenvalue weighted by Crippen LogP contribution is -2.21. The molecule has 20 heavy (non-hydrogen) atoms. The predicted octanol–water partition coefficient (Wildman–Crippen LogP) is 3.32. The zero-order valence-electron chi connectivity index (χ0n) is 10.4. The summed E-state index contributed by atoms with van der Waals surface area (Å²) in [6, 6.07) is 1.64. The van der Waals surface area contributed by atoms with E-state index in [1.54, 1.807) is 6.07 Å². The number of hydrogen-bond acceptors (Lipinski definition) is 3. The highest BCUT2D eigenvalue weighted by Crippen LogP contribution is 2.29. The molecule has 1 aliphatic heterocycles. The SMILES string of the molecule is O=c1[nH]c(C2CCOCC2)nc2c(F)c(Br)c(I)cc12. The summed E-state index contributed by atoms with van der Waals surface area (Å²) in [4.78, 5) is 19.3. The van der Waals surface area contributed by atoms with E-state index in [4.69, 9.17) is 4.74 Å². The lowest BCUT2D eigenvalue weighted by Gasteiger charge is -2.21. The number of nitrogens with one attached hydrogen (secondary N) is 1. The van der Waals surface area contributed by atoms with E-state index in [9.17, 15) is 9.18 Å². The van der Waals surface area contributed by atoms with Crippen LogP contribution < -0.4 is 5.56 Å². The van der Waals surface area contributed by atoms with Gasteiger partial charge in [0.15, 0.2) is 5.82 Å². The highest BCUT2D eigenvalue weighted by Gasteiger charge is 2.21. The molecule has 1 aromatic carbocycles. The van der Waals surface area contributed by atoms with Gasteiger partial charge in [-0.15, -0.1) is 0 Å². The van der Waals surface area contributed by atoms with Crippen molar-refractivity contribution in [1.29, 1.82) is 0 Å². The van der Waals surface area contributed by atoms with Gasteiger partial charge in [-0.2, -0.15) is 0 Å². The summed E-state index contributed by atoms with van der Waals surface area (Å²) in [5, 5.41) is 0.283. The minimum Gasteiger partial charge on any atom is -0.381 e. The lowest BCUT2D eigenvalue weighted by molar-refractivity contribution is 0.0836. The summed E-state index contributed by atoms with van der Waals surface area (Å²) in [6.07, 6.45) is 1.59. The van der Waals surface area contributed by atoms with E-state index in [0.717, 1.165) is 12.8 Å². The Morgan fingerprint density at radius 1 is 1.45 bits per heavy atom. The van der Waals surface area contributed by atoms with Gasteiger partial charge in [-0.1, -0.05) is 0 Å². The Kier molecular flexibility index (Phi) is 4.09. The first-order chi connectivity index (χ1) is 9.58. The van der Waals surface area contributed by atoms with Gasteiger partial charge in [0, 0.05) is 22.7 Å². The zero-order chi connectivity index (χ0) is 14.3. The Bertz CT molecular complexity index is 728. The number of nitrogens with zero attached hydrogens (tertiary/aromatic N) is 1. The average Bonchev–Trinajstić information content (AvgIpc) is 2.47. The molecule has 3 rings (SSSR count). The fraction of sp³-hybridized carbons (Fsp3) is 0.385. The molecule has 1 aromatic heterocycles. The lowest BCUT2D eigenvalue weighted by atomic mass is 9.99. The molecular formula is C13H11BrFIN2O2. The number of aromatic nitrogens is 2. The zero-order valence-corrected chi connectivity index (χ0v) is 14.1. The Hall–Kier alpha value is -0.540. The van der Waals surface area contributed by atoms with Gasteiger partial charge < -0.3 is 9.72 Å². The number of benzene rings is 1. The van der Waals surface area contributed by atoms with Gasteiger partial charge in [-0.3, -0.25) is 4.79 Å². The van der Waals surface area contributed by atoms with E-state index in [-0.39, 0.29) is 22.4 Å². The standard InChI is InChI=1S/C13H11BrFIN2O2/c14-9-8(16)5-7-11(10(9)15)17-12(18-13(7)19)6-1-3-20-4-2-6/h5-6H,1-4H2,(H,17,18,19). The minimum atomic E-state index is -0.480. The van der Waals surface area contributed by atoms with Gasteiger partial charge in [0.25, 0.3) is 5.56 Å². The van der Waals surface area contributed by atoms with Crippen LogP contribution in [0.4, 0.5) is 4.39 Å². The fourth-order valence-electron chi connectivity index (χ4n) is 2.36. The molecule has 0 saturated carbocycles. The first kappa shape index (κ1) is 14.4. The molecule has 7 heteroatoms. The topological polar surface area (TPSA) is 55.0 Å². The van der Waals surface area contributed by atoms with E-state index >= 15 is 0 Å². The van der Waals surface area contributed by atoms with Crippen LogP contribution in [0.5, 0.6) is 0 Å². The Labute approximate surface area is 136 Å². The Balaban J connectivity index is 2.20. The molecule has 0 unspecified atom stereocenters. The van der Waals surface area contributed by atoms with Crippen LogP contribution in [0.25, 0.3) is 10.9 Å². The molecule has 0 bridgehead atoms. The number of rotatable bonds is 1. The number of H-pyrrole nitrogens is 1.